The zero-order valence-corrected chi connectivity index (χ0v) is 11.2. The molecule has 1 atom stereocenters. The number of nitrogen functional groups attached to an aromatic ring is 2. The van der Waals surface area contributed by atoms with Crippen molar-refractivity contribution in [1.82, 2.24) is 9.97 Å². The van der Waals surface area contributed by atoms with Crippen molar-refractivity contribution in [3.05, 3.63) is 59.9 Å². The molecule has 100 valence electrons. The number of rotatable bonds is 2. The average Bonchev–Trinajstić information content (AvgIpc) is 2.51. The predicted molar refractivity (Wildman–Crippen MR) is 82.3 cm³/mol. The molecule has 0 aliphatic rings. The molecule has 0 saturated carbocycles. The van der Waals surface area contributed by atoms with Crippen molar-refractivity contribution in [2.45, 2.75) is 12.8 Å². The number of pyridine rings is 2. The molecule has 20 heavy (non-hydrogen) atoms. The average molecular weight is 264 g/mol. The highest BCUT2D eigenvalue weighted by molar-refractivity contribution is 5.93. The molecule has 3 aromatic rings. The topological polar surface area (TPSA) is 77.8 Å². The summed E-state index contributed by atoms with van der Waals surface area (Å²) in [6.07, 6.45) is 1.69. The van der Waals surface area contributed by atoms with Gasteiger partial charge in [-0.3, -0.25) is 4.98 Å². The Morgan fingerprint density at radius 1 is 0.950 bits per heavy atom. The van der Waals surface area contributed by atoms with E-state index in [1.807, 2.05) is 30.3 Å². The number of nitrogens with zero attached hydrogens (tertiary/aromatic N) is 2. The van der Waals surface area contributed by atoms with E-state index in [4.69, 9.17) is 11.5 Å². The van der Waals surface area contributed by atoms with Crippen molar-refractivity contribution in [3.63, 3.8) is 0 Å². The Bertz CT molecular complexity index is 753. The van der Waals surface area contributed by atoms with Crippen molar-refractivity contribution < 1.29 is 0 Å². The molecule has 0 aliphatic carbocycles. The van der Waals surface area contributed by atoms with Gasteiger partial charge in [0.1, 0.15) is 5.52 Å². The van der Waals surface area contributed by atoms with E-state index >= 15 is 0 Å². The van der Waals surface area contributed by atoms with Crippen LogP contribution in [-0.2, 0) is 0 Å². The maximum atomic E-state index is 6.16. The zero-order chi connectivity index (χ0) is 14.1. The standard InChI is InChI=1S/C16H16N4/c1-10(11-6-3-2-4-7-11)15-13(17)14(18)16-12(20-15)8-5-9-19-16/h2-10H,17H2,1H3,(H2,18,20)/t10-/m0/s1. The lowest BCUT2D eigenvalue weighted by molar-refractivity contribution is 0.884. The zero-order valence-electron chi connectivity index (χ0n) is 11.2. The van der Waals surface area contributed by atoms with Crippen LogP contribution in [0.15, 0.2) is 48.7 Å². The van der Waals surface area contributed by atoms with E-state index in [2.05, 4.69) is 29.0 Å². The molecule has 2 aromatic heterocycles. The van der Waals surface area contributed by atoms with Crippen molar-refractivity contribution in [2.24, 2.45) is 0 Å². The summed E-state index contributed by atoms with van der Waals surface area (Å²) in [5.74, 6) is 0.0862. The Hall–Kier alpha value is -2.62. The number of aromatic nitrogens is 2. The highest BCUT2D eigenvalue weighted by Gasteiger charge is 2.17. The van der Waals surface area contributed by atoms with Gasteiger partial charge in [-0.05, 0) is 17.7 Å². The van der Waals surface area contributed by atoms with Gasteiger partial charge in [0, 0.05) is 12.1 Å². The molecule has 0 aliphatic heterocycles. The van der Waals surface area contributed by atoms with Crippen molar-refractivity contribution in [1.29, 1.82) is 0 Å². The molecule has 4 N–H and O–H groups in total. The van der Waals surface area contributed by atoms with E-state index in [0.717, 1.165) is 16.8 Å². The molecule has 0 fully saturated rings. The smallest absolute Gasteiger partial charge is 0.114 e. The second-order valence-corrected chi connectivity index (χ2v) is 4.83. The number of hydrogen-bond donors (Lipinski definition) is 2. The lowest BCUT2D eigenvalue weighted by Crippen LogP contribution is -2.08. The Balaban J connectivity index is 2.19. The van der Waals surface area contributed by atoms with E-state index in [1.54, 1.807) is 6.20 Å². The van der Waals surface area contributed by atoms with Crippen LogP contribution >= 0.6 is 0 Å². The maximum Gasteiger partial charge on any atom is 0.114 e. The minimum atomic E-state index is 0.0862. The van der Waals surface area contributed by atoms with E-state index in [1.165, 1.54) is 0 Å². The van der Waals surface area contributed by atoms with E-state index in [9.17, 15) is 0 Å². The summed E-state index contributed by atoms with van der Waals surface area (Å²) in [6.45, 7) is 2.08. The molecule has 4 heteroatoms. The highest BCUT2D eigenvalue weighted by Crippen LogP contribution is 2.33. The maximum absolute atomic E-state index is 6.16. The largest absolute Gasteiger partial charge is 0.395 e. The Kier molecular flexibility index (Phi) is 2.99. The molecule has 0 unspecified atom stereocenters. The van der Waals surface area contributed by atoms with E-state index < -0.39 is 0 Å². The van der Waals surface area contributed by atoms with Crippen LogP contribution in [0.3, 0.4) is 0 Å². The SMILES string of the molecule is C[C@@H](c1ccccc1)c1nc2cccnc2c(N)c1N. The molecule has 0 amide bonds. The van der Waals surface area contributed by atoms with Crippen LogP contribution in [0.2, 0.25) is 0 Å². The third-order valence-corrected chi connectivity index (χ3v) is 3.56. The Labute approximate surface area is 117 Å². The number of fused-ring (bicyclic) bond motifs is 1. The van der Waals surface area contributed by atoms with Gasteiger partial charge in [-0.15, -0.1) is 0 Å². The van der Waals surface area contributed by atoms with Crippen LogP contribution in [0.5, 0.6) is 0 Å². The molecular formula is C16H16N4. The summed E-state index contributed by atoms with van der Waals surface area (Å²) in [6, 6.07) is 13.9. The minimum absolute atomic E-state index is 0.0862. The first-order chi connectivity index (χ1) is 9.68. The second kappa shape index (κ2) is 4.81. The van der Waals surface area contributed by atoms with Gasteiger partial charge in [-0.25, -0.2) is 4.98 Å². The molecule has 0 saturated heterocycles. The summed E-state index contributed by atoms with van der Waals surface area (Å²) in [5, 5.41) is 0. The molecule has 0 bridgehead atoms. The fourth-order valence-electron chi connectivity index (χ4n) is 2.38. The molecule has 4 nitrogen and oxygen atoms in total. The first kappa shape index (κ1) is 12.4. The third-order valence-electron chi connectivity index (χ3n) is 3.56. The first-order valence-electron chi connectivity index (χ1n) is 6.53. The highest BCUT2D eigenvalue weighted by atomic mass is 14.8. The van der Waals surface area contributed by atoms with Crippen molar-refractivity contribution >= 4 is 22.4 Å². The van der Waals surface area contributed by atoms with Gasteiger partial charge < -0.3 is 11.5 Å². The lowest BCUT2D eigenvalue weighted by atomic mass is 9.95. The minimum Gasteiger partial charge on any atom is -0.395 e. The summed E-state index contributed by atoms with van der Waals surface area (Å²) in [4.78, 5) is 8.89. The van der Waals surface area contributed by atoms with Crippen molar-refractivity contribution in [3.8, 4) is 0 Å². The summed E-state index contributed by atoms with van der Waals surface area (Å²) in [7, 11) is 0. The molecular weight excluding hydrogens is 248 g/mol. The first-order valence-corrected chi connectivity index (χ1v) is 6.53. The number of nitrogens with two attached hydrogens (primary N) is 2. The van der Waals surface area contributed by atoms with Gasteiger partial charge in [-0.2, -0.15) is 0 Å². The second-order valence-electron chi connectivity index (χ2n) is 4.83. The summed E-state index contributed by atoms with van der Waals surface area (Å²) >= 11 is 0. The fraction of sp³-hybridized carbons (Fsp3) is 0.125. The Morgan fingerprint density at radius 2 is 1.70 bits per heavy atom. The Morgan fingerprint density at radius 3 is 2.45 bits per heavy atom. The third kappa shape index (κ3) is 1.95. The molecule has 2 heterocycles. The van der Waals surface area contributed by atoms with Gasteiger partial charge >= 0.3 is 0 Å². The normalized spacial score (nSPS) is 12.4. The summed E-state index contributed by atoms with van der Waals surface area (Å²) in [5.41, 5.74) is 16.7. The quantitative estimate of drug-likeness (QED) is 0.746. The molecule has 3 rings (SSSR count). The van der Waals surface area contributed by atoms with Crippen LogP contribution in [0.4, 0.5) is 11.4 Å². The number of benzene rings is 1. The van der Waals surface area contributed by atoms with E-state index in [-0.39, 0.29) is 5.92 Å². The van der Waals surface area contributed by atoms with Crippen LogP contribution in [0, 0.1) is 0 Å². The van der Waals surface area contributed by atoms with Crippen LogP contribution in [-0.4, -0.2) is 9.97 Å². The van der Waals surface area contributed by atoms with Gasteiger partial charge in [0.05, 0.1) is 22.6 Å². The van der Waals surface area contributed by atoms with Gasteiger partial charge in [0.25, 0.3) is 0 Å². The van der Waals surface area contributed by atoms with Crippen LogP contribution < -0.4 is 11.5 Å². The van der Waals surface area contributed by atoms with E-state index in [0.29, 0.717) is 16.9 Å². The van der Waals surface area contributed by atoms with Crippen LogP contribution in [0.25, 0.3) is 11.0 Å². The monoisotopic (exact) mass is 264 g/mol. The van der Waals surface area contributed by atoms with Gasteiger partial charge in [-0.1, -0.05) is 37.3 Å². The summed E-state index contributed by atoms with van der Waals surface area (Å²) < 4.78 is 0. The lowest BCUT2D eigenvalue weighted by Gasteiger charge is -2.16. The fourth-order valence-corrected chi connectivity index (χ4v) is 2.38. The van der Waals surface area contributed by atoms with Crippen molar-refractivity contribution in [2.75, 3.05) is 11.5 Å². The number of hydrogen-bond acceptors (Lipinski definition) is 4. The molecule has 0 spiro atoms. The molecule has 1 aromatic carbocycles. The van der Waals surface area contributed by atoms with Crippen LogP contribution in [0.1, 0.15) is 24.1 Å². The number of anilines is 2. The molecule has 0 radical (unpaired) electrons. The van der Waals surface area contributed by atoms with Gasteiger partial charge in [0.15, 0.2) is 0 Å². The predicted octanol–water partition coefficient (Wildman–Crippen LogP) is 2.95. The van der Waals surface area contributed by atoms with Gasteiger partial charge in [0.2, 0.25) is 0 Å².